The SMILES string of the molecule is Cc1cnc(-c2ccccc2OC(F)(F)F)n1CC1CCCCO1. The van der Waals surface area contributed by atoms with Gasteiger partial charge in [-0.15, -0.1) is 13.2 Å². The first-order valence-electron chi connectivity index (χ1n) is 7.93. The molecule has 1 fully saturated rings. The second-order valence-corrected chi connectivity index (χ2v) is 5.87. The summed E-state index contributed by atoms with van der Waals surface area (Å²) in [7, 11) is 0. The molecule has 0 aliphatic carbocycles. The molecule has 7 heteroatoms. The molecule has 0 spiro atoms. The molecule has 4 nitrogen and oxygen atoms in total. The summed E-state index contributed by atoms with van der Waals surface area (Å²) in [6.07, 6.45) is 0.0619. The molecule has 2 heterocycles. The number of rotatable bonds is 4. The number of hydrogen-bond acceptors (Lipinski definition) is 3. The van der Waals surface area contributed by atoms with E-state index < -0.39 is 6.36 Å². The second kappa shape index (κ2) is 6.84. The monoisotopic (exact) mass is 340 g/mol. The van der Waals surface area contributed by atoms with E-state index in [0.29, 0.717) is 17.9 Å². The molecule has 0 saturated carbocycles. The number of imidazole rings is 1. The third-order valence-corrected chi connectivity index (χ3v) is 4.07. The lowest BCUT2D eigenvalue weighted by Gasteiger charge is -2.24. The maximum absolute atomic E-state index is 12.6. The Morgan fingerprint density at radius 1 is 1.29 bits per heavy atom. The molecule has 0 bridgehead atoms. The second-order valence-electron chi connectivity index (χ2n) is 5.87. The van der Waals surface area contributed by atoms with Gasteiger partial charge >= 0.3 is 6.36 Å². The molecular weight excluding hydrogens is 321 g/mol. The quantitative estimate of drug-likeness (QED) is 0.831. The van der Waals surface area contributed by atoms with E-state index in [-0.39, 0.29) is 11.9 Å². The Hall–Kier alpha value is -2.02. The lowest BCUT2D eigenvalue weighted by atomic mass is 10.1. The summed E-state index contributed by atoms with van der Waals surface area (Å²) in [6.45, 7) is 3.18. The number of halogens is 3. The van der Waals surface area contributed by atoms with Gasteiger partial charge in [0.2, 0.25) is 0 Å². The minimum atomic E-state index is -4.74. The van der Waals surface area contributed by atoms with Gasteiger partial charge in [0.25, 0.3) is 0 Å². The van der Waals surface area contributed by atoms with Crippen LogP contribution in [0.3, 0.4) is 0 Å². The van der Waals surface area contributed by atoms with Crippen LogP contribution in [0.4, 0.5) is 13.2 Å². The molecule has 2 aromatic rings. The predicted molar refractivity (Wildman–Crippen MR) is 82.7 cm³/mol. The van der Waals surface area contributed by atoms with Crippen molar-refractivity contribution < 1.29 is 22.6 Å². The first-order chi connectivity index (χ1) is 11.4. The van der Waals surface area contributed by atoms with E-state index in [2.05, 4.69) is 9.72 Å². The molecule has 0 N–H and O–H groups in total. The fourth-order valence-electron chi connectivity index (χ4n) is 2.93. The maximum Gasteiger partial charge on any atom is 0.573 e. The fraction of sp³-hybridized carbons (Fsp3) is 0.471. The van der Waals surface area contributed by atoms with Crippen LogP contribution in [0.2, 0.25) is 0 Å². The van der Waals surface area contributed by atoms with Gasteiger partial charge in [0.05, 0.1) is 18.2 Å². The topological polar surface area (TPSA) is 36.3 Å². The first kappa shape index (κ1) is 16.8. The van der Waals surface area contributed by atoms with E-state index in [9.17, 15) is 13.2 Å². The van der Waals surface area contributed by atoms with E-state index in [0.717, 1.165) is 31.6 Å². The van der Waals surface area contributed by atoms with E-state index in [1.54, 1.807) is 18.3 Å². The summed E-state index contributed by atoms with van der Waals surface area (Å²) < 4.78 is 49.7. The van der Waals surface area contributed by atoms with Crippen LogP contribution >= 0.6 is 0 Å². The Morgan fingerprint density at radius 2 is 2.08 bits per heavy atom. The summed E-state index contributed by atoms with van der Waals surface area (Å²) in [5.41, 5.74) is 1.19. The Labute approximate surface area is 138 Å². The van der Waals surface area contributed by atoms with Crippen molar-refractivity contribution in [2.45, 2.75) is 45.2 Å². The summed E-state index contributed by atoms with van der Waals surface area (Å²) in [5, 5.41) is 0. The zero-order valence-corrected chi connectivity index (χ0v) is 13.3. The van der Waals surface area contributed by atoms with Crippen molar-refractivity contribution in [1.82, 2.24) is 9.55 Å². The van der Waals surface area contributed by atoms with Crippen LogP contribution in [0.5, 0.6) is 5.75 Å². The number of hydrogen-bond donors (Lipinski definition) is 0. The molecule has 130 valence electrons. The highest BCUT2D eigenvalue weighted by Crippen LogP contribution is 2.33. The summed E-state index contributed by atoms with van der Waals surface area (Å²) in [5.74, 6) is 0.211. The molecule has 1 saturated heterocycles. The zero-order valence-electron chi connectivity index (χ0n) is 13.3. The van der Waals surface area contributed by atoms with Gasteiger partial charge in [-0.2, -0.15) is 0 Å². The first-order valence-corrected chi connectivity index (χ1v) is 7.93. The van der Waals surface area contributed by atoms with Gasteiger partial charge in [0.1, 0.15) is 11.6 Å². The normalized spacial score (nSPS) is 18.6. The van der Waals surface area contributed by atoms with Crippen molar-refractivity contribution in [3.05, 3.63) is 36.2 Å². The number of benzene rings is 1. The highest BCUT2D eigenvalue weighted by molar-refractivity contribution is 5.65. The third-order valence-electron chi connectivity index (χ3n) is 4.07. The van der Waals surface area contributed by atoms with Crippen molar-refractivity contribution in [2.24, 2.45) is 0 Å². The number of aryl methyl sites for hydroxylation is 1. The van der Waals surface area contributed by atoms with E-state index in [1.165, 1.54) is 12.1 Å². The van der Waals surface area contributed by atoms with Gasteiger partial charge in [0, 0.05) is 18.5 Å². The van der Waals surface area contributed by atoms with Crippen molar-refractivity contribution in [3.63, 3.8) is 0 Å². The summed E-state index contributed by atoms with van der Waals surface area (Å²) in [4.78, 5) is 4.30. The third kappa shape index (κ3) is 3.90. The lowest BCUT2D eigenvalue weighted by molar-refractivity contribution is -0.274. The number of ether oxygens (including phenoxy) is 2. The van der Waals surface area contributed by atoms with Crippen LogP contribution in [0.15, 0.2) is 30.5 Å². The van der Waals surface area contributed by atoms with E-state index in [1.807, 2.05) is 11.5 Å². The maximum atomic E-state index is 12.6. The number of nitrogens with zero attached hydrogens (tertiary/aromatic N) is 2. The Balaban J connectivity index is 1.93. The van der Waals surface area contributed by atoms with Crippen molar-refractivity contribution in [1.29, 1.82) is 0 Å². The molecule has 1 aromatic carbocycles. The van der Waals surface area contributed by atoms with Gasteiger partial charge in [0.15, 0.2) is 0 Å². The van der Waals surface area contributed by atoms with E-state index in [4.69, 9.17) is 4.74 Å². The highest BCUT2D eigenvalue weighted by Gasteiger charge is 2.32. The molecular formula is C17H19F3N2O2. The average molecular weight is 340 g/mol. The van der Waals surface area contributed by atoms with Gasteiger partial charge in [-0.05, 0) is 38.3 Å². The Morgan fingerprint density at radius 3 is 2.79 bits per heavy atom. The number of para-hydroxylation sites is 1. The minimum absolute atomic E-state index is 0.0566. The average Bonchev–Trinajstić information content (AvgIpc) is 2.88. The molecule has 1 aromatic heterocycles. The predicted octanol–water partition coefficient (Wildman–Crippen LogP) is 4.33. The largest absolute Gasteiger partial charge is 0.573 e. The smallest absolute Gasteiger partial charge is 0.405 e. The standard InChI is InChI=1S/C17H19F3N2O2/c1-12-10-21-16(22(12)11-13-6-4-5-9-23-13)14-7-2-3-8-15(14)24-17(18,19)20/h2-3,7-8,10,13H,4-6,9,11H2,1H3. The Bertz CT molecular complexity index is 691. The van der Waals surface area contributed by atoms with Crippen molar-refractivity contribution in [3.8, 4) is 17.1 Å². The van der Waals surface area contributed by atoms with Crippen LogP contribution < -0.4 is 4.74 Å². The molecule has 1 unspecified atom stereocenters. The van der Waals surface area contributed by atoms with Gasteiger partial charge < -0.3 is 14.0 Å². The molecule has 1 aliphatic rings. The van der Waals surface area contributed by atoms with Crippen molar-refractivity contribution >= 4 is 0 Å². The molecule has 24 heavy (non-hydrogen) atoms. The van der Waals surface area contributed by atoms with E-state index >= 15 is 0 Å². The lowest BCUT2D eigenvalue weighted by Crippen LogP contribution is -2.25. The van der Waals surface area contributed by atoms with Crippen LogP contribution in [0, 0.1) is 6.92 Å². The zero-order chi connectivity index (χ0) is 17.2. The molecule has 0 radical (unpaired) electrons. The van der Waals surface area contributed by atoms with Crippen LogP contribution in [-0.4, -0.2) is 28.6 Å². The van der Waals surface area contributed by atoms with Gasteiger partial charge in [-0.3, -0.25) is 0 Å². The highest BCUT2D eigenvalue weighted by atomic mass is 19.4. The van der Waals surface area contributed by atoms with Crippen LogP contribution in [0.1, 0.15) is 25.0 Å². The summed E-state index contributed by atoms with van der Waals surface area (Å²) >= 11 is 0. The number of alkyl halides is 3. The van der Waals surface area contributed by atoms with Gasteiger partial charge in [-0.25, -0.2) is 4.98 Å². The minimum Gasteiger partial charge on any atom is -0.405 e. The molecule has 1 atom stereocenters. The summed E-state index contributed by atoms with van der Waals surface area (Å²) in [6, 6.07) is 6.06. The number of aromatic nitrogens is 2. The molecule has 1 aliphatic heterocycles. The fourth-order valence-corrected chi connectivity index (χ4v) is 2.93. The van der Waals surface area contributed by atoms with Crippen molar-refractivity contribution in [2.75, 3.05) is 6.61 Å². The van der Waals surface area contributed by atoms with Crippen LogP contribution in [0.25, 0.3) is 11.4 Å². The molecule has 3 rings (SSSR count). The Kier molecular flexibility index (Phi) is 4.80. The van der Waals surface area contributed by atoms with Gasteiger partial charge in [-0.1, -0.05) is 12.1 Å². The van der Waals surface area contributed by atoms with Crippen LogP contribution in [-0.2, 0) is 11.3 Å². The molecule has 0 amide bonds.